The van der Waals surface area contributed by atoms with Gasteiger partial charge in [-0.05, 0) is 39.4 Å². The molecule has 3 aliphatic carbocycles. The predicted octanol–water partition coefficient (Wildman–Crippen LogP) is 7.86. The lowest BCUT2D eigenvalue weighted by molar-refractivity contribution is 0.754. The molecule has 178 valence electrons. The highest BCUT2D eigenvalue weighted by Crippen LogP contribution is 2.55. The van der Waals surface area contributed by atoms with Crippen molar-refractivity contribution in [1.82, 2.24) is 15.0 Å². The van der Waals surface area contributed by atoms with Crippen molar-refractivity contribution < 1.29 is 0 Å². The van der Waals surface area contributed by atoms with Crippen molar-refractivity contribution in [3.05, 3.63) is 161 Å². The Morgan fingerprint density at radius 1 is 0.316 bits per heavy atom. The molecule has 0 aliphatic heterocycles. The first kappa shape index (κ1) is 21.2. The highest BCUT2D eigenvalue weighted by atomic mass is 15.0. The summed E-state index contributed by atoms with van der Waals surface area (Å²) in [4.78, 5) is 14.8. The standard InChI is InChI=1S/C35H23N3/c1-3-11-22(12-4-1)33-36-34(23-13-5-2-6-14-23)38-35(37-33)24-19-20-29-30(21-24)32-27-17-9-7-15-25(27)31(29)26-16-8-10-18-28(26)32/h1-21,31-32H. The zero-order valence-corrected chi connectivity index (χ0v) is 20.6. The largest absolute Gasteiger partial charge is 0.208 e. The van der Waals surface area contributed by atoms with E-state index in [0.717, 1.165) is 16.7 Å². The molecule has 0 saturated carbocycles. The number of aromatic nitrogens is 3. The summed E-state index contributed by atoms with van der Waals surface area (Å²) >= 11 is 0. The van der Waals surface area contributed by atoms with Gasteiger partial charge in [0.2, 0.25) is 0 Å². The average molecular weight is 486 g/mol. The van der Waals surface area contributed by atoms with E-state index in [9.17, 15) is 0 Å². The van der Waals surface area contributed by atoms with Crippen LogP contribution in [0.5, 0.6) is 0 Å². The summed E-state index contributed by atoms with van der Waals surface area (Å²) in [5.41, 5.74) is 11.4. The van der Waals surface area contributed by atoms with Gasteiger partial charge in [0.1, 0.15) is 0 Å². The summed E-state index contributed by atoms with van der Waals surface area (Å²) in [7, 11) is 0. The Kier molecular flexibility index (Phi) is 4.65. The molecule has 2 bridgehead atoms. The first-order chi connectivity index (χ1) is 18.8. The summed E-state index contributed by atoms with van der Waals surface area (Å²) in [6, 6.07) is 44.9. The Morgan fingerprint density at radius 2 is 0.684 bits per heavy atom. The molecule has 1 heterocycles. The number of rotatable bonds is 3. The molecule has 5 aromatic carbocycles. The van der Waals surface area contributed by atoms with Gasteiger partial charge in [0, 0.05) is 28.5 Å². The molecule has 0 atom stereocenters. The SMILES string of the molecule is c1ccc(-c2nc(-c3ccccc3)nc(-c3ccc4c(c3)C3c5ccccc5C4c4ccccc43)n2)cc1. The molecule has 9 rings (SSSR count). The van der Waals surface area contributed by atoms with Crippen LogP contribution in [0.25, 0.3) is 34.2 Å². The average Bonchev–Trinajstić information content (AvgIpc) is 3.01. The van der Waals surface area contributed by atoms with Gasteiger partial charge in [-0.1, -0.05) is 121 Å². The van der Waals surface area contributed by atoms with Crippen molar-refractivity contribution in [2.45, 2.75) is 11.8 Å². The normalized spacial score (nSPS) is 16.4. The van der Waals surface area contributed by atoms with Crippen LogP contribution in [0.15, 0.2) is 127 Å². The minimum absolute atomic E-state index is 0.214. The summed E-state index contributed by atoms with van der Waals surface area (Å²) in [5, 5.41) is 0. The quantitative estimate of drug-likeness (QED) is 0.256. The molecule has 38 heavy (non-hydrogen) atoms. The molecular formula is C35H23N3. The van der Waals surface area contributed by atoms with E-state index < -0.39 is 0 Å². The molecule has 0 fully saturated rings. The van der Waals surface area contributed by atoms with E-state index in [-0.39, 0.29) is 11.8 Å². The van der Waals surface area contributed by atoms with E-state index in [4.69, 9.17) is 15.0 Å². The Hall–Kier alpha value is -4.89. The summed E-state index contributed by atoms with van der Waals surface area (Å²) in [5.74, 6) is 2.54. The van der Waals surface area contributed by atoms with Crippen LogP contribution in [0.2, 0.25) is 0 Å². The van der Waals surface area contributed by atoms with Gasteiger partial charge in [-0.15, -0.1) is 0 Å². The monoisotopic (exact) mass is 485 g/mol. The van der Waals surface area contributed by atoms with Gasteiger partial charge < -0.3 is 0 Å². The third kappa shape index (κ3) is 3.18. The Bertz CT molecular complexity index is 1720. The first-order valence-electron chi connectivity index (χ1n) is 13.0. The molecule has 0 N–H and O–H groups in total. The van der Waals surface area contributed by atoms with Gasteiger partial charge >= 0.3 is 0 Å². The molecule has 1 aromatic heterocycles. The van der Waals surface area contributed by atoms with Crippen LogP contribution in [0.4, 0.5) is 0 Å². The second-order valence-corrected chi connectivity index (χ2v) is 10.0. The Balaban J connectivity index is 1.32. The molecule has 0 spiro atoms. The van der Waals surface area contributed by atoms with Crippen LogP contribution in [0.1, 0.15) is 45.2 Å². The second-order valence-electron chi connectivity index (χ2n) is 10.0. The van der Waals surface area contributed by atoms with Crippen LogP contribution in [-0.4, -0.2) is 15.0 Å². The van der Waals surface area contributed by atoms with Crippen molar-refractivity contribution in [2.75, 3.05) is 0 Å². The highest BCUT2D eigenvalue weighted by molar-refractivity contribution is 5.72. The van der Waals surface area contributed by atoms with E-state index in [1.807, 2.05) is 60.7 Å². The van der Waals surface area contributed by atoms with Crippen LogP contribution >= 0.6 is 0 Å². The molecular weight excluding hydrogens is 462 g/mol. The number of hydrogen-bond donors (Lipinski definition) is 0. The van der Waals surface area contributed by atoms with Crippen molar-refractivity contribution in [3.8, 4) is 34.2 Å². The predicted molar refractivity (Wildman–Crippen MR) is 151 cm³/mol. The molecule has 3 aliphatic rings. The van der Waals surface area contributed by atoms with Crippen molar-refractivity contribution >= 4 is 0 Å². The third-order valence-electron chi connectivity index (χ3n) is 7.90. The lowest BCUT2D eigenvalue weighted by Gasteiger charge is -2.42. The van der Waals surface area contributed by atoms with Crippen LogP contribution in [0.3, 0.4) is 0 Å². The zero-order chi connectivity index (χ0) is 25.1. The lowest BCUT2D eigenvalue weighted by Crippen LogP contribution is -2.27. The smallest absolute Gasteiger partial charge is 0.164 e. The summed E-state index contributed by atoms with van der Waals surface area (Å²) in [6.07, 6.45) is 0. The Morgan fingerprint density at radius 3 is 1.16 bits per heavy atom. The Labute approximate surface area is 221 Å². The minimum atomic E-state index is 0.214. The molecule has 3 heteroatoms. The van der Waals surface area contributed by atoms with Crippen molar-refractivity contribution in [2.24, 2.45) is 0 Å². The topological polar surface area (TPSA) is 38.7 Å². The van der Waals surface area contributed by atoms with E-state index in [0.29, 0.717) is 17.5 Å². The molecule has 0 unspecified atom stereocenters. The van der Waals surface area contributed by atoms with Gasteiger partial charge in [-0.25, -0.2) is 15.0 Å². The van der Waals surface area contributed by atoms with Gasteiger partial charge in [0.05, 0.1) is 0 Å². The molecule has 3 nitrogen and oxygen atoms in total. The van der Waals surface area contributed by atoms with Gasteiger partial charge in [0.25, 0.3) is 0 Å². The lowest BCUT2D eigenvalue weighted by atomic mass is 9.61. The highest BCUT2D eigenvalue weighted by Gasteiger charge is 2.41. The number of benzene rings is 5. The fraction of sp³-hybridized carbons (Fsp3) is 0.0571. The van der Waals surface area contributed by atoms with E-state index in [1.54, 1.807) is 0 Å². The molecule has 0 saturated heterocycles. The van der Waals surface area contributed by atoms with Crippen LogP contribution in [0, 0.1) is 0 Å². The van der Waals surface area contributed by atoms with E-state index in [1.165, 1.54) is 33.4 Å². The molecule has 6 aromatic rings. The maximum Gasteiger partial charge on any atom is 0.164 e. The summed E-state index contributed by atoms with van der Waals surface area (Å²) in [6.45, 7) is 0. The molecule has 0 amide bonds. The van der Waals surface area contributed by atoms with E-state index in [2.05, 4.69) is 66.7 Å². The zero-order valence-electron chi connectivity index (χ0n) is 20.6. The fourth-order valence-electron chi connectivity index (χ4n) is 6.24. The minimum Gasteiger partial charge on any atom is -0.208 e. The van der Waals surface area contributed by atoms with Crippen LogP contribution < -0.4 is 0 Å². The van der Waals surface area contributed by atoms with E-state index >= 15 is 0 Å². The number of hydrogen-bond acceptors (Lipinski definition) is 3. The maximum atomic E-state index is 4.98. The molecule has 0 radical (unpaired) electrons. The second kappa shape index (κ2) is 8.32. The van der Waals surface area contributed by atoms with Gasteiger partial charge in [-0.3, -0.25) is 0 Å². The van der Waals surface area contributed by atoms with Crippen molar-refractivity contribution in [1.29, 1.82) is 0 Å². The first-order valence-corrected chi connectivity index (χ1v) is 13.0. The van der Waals surface area contributed by atoms with Crippen LogP contribution in [-0.2, 0) is 0 Å². The maximum absolute atomic E-state index is 4.98. The van der Waals surface area contributed by atoms with Crippen molar-refractivity contribution in [3.63, 3.8) is 0 Å². The summed E-state index contributed by atoms with van der Waals surface area (Å²) < 4.78 is 0. The van der Waals surface area contributed by atoms with Gasteiger partial charge in [-0.2, -0.15) is 0 Å². The number of nitrogens with zero attached hydrogens (tertiary/aromatic N) is 3. The fourth-order valence-corrected chi connectivity index (χ4v) is 6.24. The third-order valence-corrected chi connectivity index (χ3v) is 7.90. The van der Waals surface area contributed by atoms with Gasteiger partial charge in [0.15, 0.2) is 17.5 Å².